The number of thiophene rings is 1. The summed E-state index contributed by atoms with van der Waals surface area (Å²) in [5.41, 5.74) is 2.23. The van der Waals surface area contributed by atoms with Crippen LogP contribution in [0, 0.1) is 0 Å². The molecule has 3 nitrogen and oxygen atoms in total. The van der Waals surface area contributed by atoms with Gasteiger partial charge in [-0.25, -0.2) is 13.1 Å². The van der Waals surface area contributed by atoms with E-state index in [2.05, 4.69) is 36.6 Å². The van der Waals surface area contributed by atoms with Crippen molar-refractivity contribution >= 4 is 53.2 Å². The van der Waals surface area contributed by atoms with E-state index in [0.29, 0.717) is 8.68 Å². The van der Waals surface area contributed by atoms with Crippen molar-refractivity contribution in [1.82, 2.24) is 4.72 Å². The van der Waals surface area contributed by atoms with Gasteiger partial charge in [-0.1, -0.05) is 40.2 Å². The van der Waals surface area contributed by atoms with E-state index in [0.717, 1.165) is 12.0 Å². The van der Waals surface area contributed by atoms with E-state index in [1.807, 2.05) is 24.3 Å². The van der Waals surface area contributed by atoms with Crippen LogP contribution in [0.2, 0.25) is 0 Å². The molecular weight excluding hydrogens is 426 g/mol. The van der Waals surface area contributed by atoms with Crippen molar-refractivity contribution in [2.45, 2.75) is 21.5 Å². The molecule has 0 saturated carbocycles. The van der Waals surface area contributed by atoms with E-state index in [4.69, 9.17) is 0 Å². The zero-order valence-corrected chi connectivity index (χ0v) is 15.0. The van der Waals surface area contributed by atoms with Gasteiger partial charge in [-0.05, 0) is 44.9 Å². The van der Waals surface area contributed by atoms with Gasteiger partial charge in [-0.2, -0.15) is 0 Å². The Morgan fingerprint density at radius 2 is 2.00 bits per heavy atom. The van der Waals surface area contributed by atoms with Gasteiger partial charge in [0, 0.05) is 9.30 Å². The van der Waals surface area contributed by atoms with Gasteiger partial charge in [0.05, 0.1) is 6.04 Å². The number of fused-ring (bicyclic) bond motifs is 1. The first kappa shape index (κ1) is 14.7. The predicted molar refractivity (Wildman–Crippen MR) is 87.9 cm³/mol. The third-order valence-electron chi connectivity index (χ3n) is 3.28. The molecule has 20 heavy (non-hydrogen) atoms. The van der Waals surface area contributed by atoms with Gasteiger partial charge < -0.3 is 0 Å². The minimum atomic E-state index is -3.52. The molecule has 2 aromatic rings. The minimum Gasteiger partial charge on any atom is -0.206 e. The summed E-state index contributed by atoms with van der Waals surface area (Å²) < 4.78 is 28.7. The lowest BCUT2D eigenvalue weighted by Crippen LogP contribution is -2.31. The average Bonchev–Trinajstić information content (AvgIpc) is 2.95. The topological polar surface area (TPSA) is 46.2 Å². The lowest BCUT2D eigenvalue weighted by molar-refractivity contribution is 0.561. The predicted octanol–water partition coefficient (Wildman–Crippen LogP) is 3.85. The van der Waals surface area contributed by atoms with Crippen LogP contribution < -0.4 is 4.72 Å². The summed E-state index contributed by atoms with van der Waals surface area (Å²) in [6.45, 7) is 0. The van der Waals surface area contributed by atoms with Crippen molar-refractivity contribution in [3.05, 3.63) is 51.3 Å². The second-order valence-corrected chi connectivity index (χ2v) is 9.43. The first-order valence-electron chi connectivity index (χ1n) is 5.96. The van der Waals surface area contributed by atoms with E-state index < -0.39 is 10.0 Å². The molecule has 1 aromatic carbocycles. The van der Waals surface area contributed by atoms with Crippen molar-refractivity contribution in [3.8, 4) is 0 Å². The number of hydrogen-bond donors (Lipinski definition) is 1. The molecular formula is C13H11Br2NO2S2. The zero-order chi connectivity index (χ0) is 14.3. The fraction of sp³-hybridized carbons (Fsp3) is 0.231. The smallest absolute Gasteiger partial charge is 0.206 e. The number of hydrogen-bond acceptors (Lipinski definition) is 3. The van der Waals surface area contributed by atoms with Crippen molar-refractivity contribution < 1.29 is 8.42 Å². The quantitative estimate of drug-likeness (QED) is 0.742. The molecule has 0 radical (unpaired) electrons. The van der Waals surface area contributed by atoms with Gasteiger partial charge in [0.2, 0.25) is 0 Å². The highest BCUT2D eigenvalue weighted by molar-refractivity contribution is 9.10. The van der Waals surface area contributed by atoms with Crippen LogP contribution in [0.3, 0.4) is 0 Å². The van der Waals surface area contributed by atoms with Crippen LogP contribution in [0.25, 0.3) is 0 Å². The van der Waals surface area contributed by atoms with Crippen molar-refractivity contribution in [3.63, 3.8) is 0 Å². The van der Waals surface area contributed by atoms with E-state index >= 15 is 0 Å². The maximum Gasteiger partial charge on any atom is 0.251 e. The Hall–Kier alpha value is -0.210. The fourth-order valence-corrected chi connectivity index (χ4v) is 6.93. The van der Waals surface area contributed by atoms with Gasteiger partial charge in [0.1, 0.15) is 4.21 Å². The molecule has 106 valence electrons. The summed E-state index contributed by atoms with van der Waals surface area (Å²) in [7, 11) is -3.52. The number of nitrogens with one attached hydrogen (secondary N) is 1. The highest BCUT2D eigenvalue weighted by Gasteiger charge is 2.34. The molecule has 1 aromatic heterocycles. The van der Waals surface area contributed by atoms with E-state index in [1.165, 1.54) is 16.9 Å². The van der Waals surface area contributed by atoms with Gasteiger partial charge in [0.25, 0.3) is 10.0 Å². The zero-order valence-electron chi connectivity index (χ0n) is 10.2. The lowest BCUT2D eigenvalue weighted by Gasteiger charge is -2.17. The first-order chi connectivity index (χ1) is 9.49. The monoisotopic (exact) mass is 435 g/mol. The van der Waals surface area contributed by atoms with Crippen LogP contribution in [-0.4, -0.2) is 13.2 Å². The molecule has 7 heteroatoms. The average molecular weight is 437 g/mol. The van der Waals surface area contributed by atoms with E-state index in [1.54, 1.807) is 11.4 Å². The third kappa shape index (κ3) is 2.62. The Labute approximate surface area is 138 Å². The van der Waals surface area contributed by atoms with E-state index in [9.17, 15) is 8.42 Å². The summed E-state index contributed by atoms with van der Waals surface area (Å²) in [5, 5.41) is 1.76. The van der Waals surface area contributed by atoms with Crippen LogP contribution in [0.1, 0.15) is 17.2 Å². The van der Waals surface area contributed by atoms with Gasteiger partial charge >= 0.3 is 0 Å². The number of halogens is 2. The highest BCUT2D eigenvalue weighted by atomic mass is 79.9. The third-order valence-corrected chi connectivity index (χ3v) is 8.24. The highest BCUT2D eigenvalue weighted by Crippen LogP contribution is 2.37. The maximum absolute atomic E-state index is 12.5. The normalized spacial score (nSPS) is 21.9. The standard InChI is InChI=1S/C13H11Br2NO2S2/c14-10-5-6-19-13(10)20(17,18)16-12-9-4-2-1-3-8(9)7-11(12)15/h1-6,11-12,16H,7H2. The summed E-state index contributed by atoms with van der Waals surface area (Å²) >= 11 is 8.07. The number of rotatable bonds is 3. The summed E-state index contributed by atoms with van der Waals surface area (Å²) in [4.78, 5) is 0.0772. The second-order valence-electron chi connectivity index (χ2n) is 4.57. The molecule has 1 aliphatic rings. The minimum absolute atomic E-state index is 0.0772. The molecule has 1 aliphatic carbocycles. The molecule has 0 amide bonds. The largest absolute Gasteiger partial charge is 0.251 e. The van der Waals surface area contributed by atoms with Crippen molar-refractivity contribution in [1.29, 1.82) is 0 Å². The summed E-state index contributed by atoms with van der Waals surface area (Å²) in [5.74, 6) is 0. The summed E-state index contributed by atoms with van der Waals surface area (Å²) in [6.07, 6.45) is 0.828. The second kappa shape index (κ2) is 5.53. The molecule has 2 atom stereocenters. The molecule has 0 bridgehead atoms. The van der Waals surface area contributed by atoms with Crippen LogP contribution >= 0.6 is 43.2 Å². The Balaban J connectivity index is 1.94. The molecule has 1 heterocycles. The number of alkyl halides is 1. The van der Waals surface area contributed by atoms with Crippen LogP contribution in [0.4, 0.5) is 0 Å². The Bertz CT molecular complexity index is 742. The number of sulfonamides is 1. The maximum atomic E-state index is 12.5. The molecule has 0 aliphatic heterocycles. The molecule has 3 rings (SSSR count). The Morgan fingerprint density at radius 3 is 2.70 bits per heavy atom. The lowest BCUT2D eigenvalue weighted by atomic mass is 10.1. The van der Waals surface area contributed by atoms with Crippen LogP contribution in [-0.2, 0) is 16.4 Å². The van der Waals surface area contributed by atoms with E-state index in [-0.39, 0.29) is 10.9 Å². The Morgan fingerprint density at radius 1 is 1.25 bits per heavy atom. The Kier molecular flexibility index (Phi) is 4.07. The molecule has 2 unspecified atom stereocenters. The fourth-order valence-electron chi connectivity index (χ4n) is 2.38. The van der Waals surface area contributed by atoms with Crippen molar-refractivity contribution in [2.75, 3.05) is 0 Å². The molecule has 0 spiro atoms. The number of benzene rings is 1. The van der Waals surface area contributed by atoms with Crippen molar-refractivity contribution in [2.24, 2.45) is 0 Å². The molecule has 1 N–H and O–H groups in total. The molecule has 0 saturated heterocycles. The van der Waals surface area contributed by atoms with Crippen LogP contribution in [0.5, 0.6) is 0 Å². The van der Waals surface area contributed by atoms with Crippen LogP contribution in [0.15, 0.2) is 44.4 Å². The van der Waals surface area contributed by atoms with Gasteiger partial charge in [0.15, 0.2) is 0 Å². The summed E-state index contributed by atoms with van der Waals surface area (Å²) in [6, 6.07) is 9.45. The molecule has 0 fully saturated rings. The van der Waals surface area contributed by atoms with Gasteiger partial charge in [-0.3, -0.25) is 0 Å². The van der Waals surface area contributed by atoms with Gasteiger partial charge in [-0.15, -0.1) is 11.3 Å². The SMILES string of the molecule is O=S(=O)(NC1c2ccccc2CC1Br)c1sccc1Br. The first-order valence-corrected chi connectivity index (χ1v) is 10.0.